The molecule has 2 aliphatic heterocycles. The first-order valence-electron chi connectivity index (χ1n) is 9.96. The van der Waals surface area contributed by atoms with E-state index in [-0.39, 0.29) is 23.7 Å². The van der Waals surface area contributed by atoms with Crippen molar-refractivity contribution in [3.05, 3.63) is 65.5 Å². The van der Waals surface area contributed by atoms with Crippen LogP contribution in [0.4, 0.5) is 4.39 Å². The zero-order valence-corrected chi connectivity index (χ0v) is 16.5. The summed E-state index contributed by atoms with van der Waals surface area (Å²) < 4.78 is 19.0. The number of likely N-dealkylation sites (tertiary alicyclic amines) is 2. The van der Waals surface area contributed by atoms with Crippen LogP contribution in [0.25, 0.3) is 0 Å². The molecule has 2 aromatic rings. The molecule has 2 aliphatic rings. The zero-order valence-electron chi connectivity index (χ0n) is 16.5. The average Bonchev–Trinajstić information content (AvgIpc) is 3.06. The van der Waals surface area contributed by atoms with Gasteiger partial charge in [0.25, 0.3) is 0 Å². The highest BCUT2D eigenvalue weighted by atomic mass is 19.1. The molecule has 28 heavy (non-hydrogen) atoms. The number of amides is 1. The number of nitrogens with zero attached hydrogens (tertiary/aromatic N) is 2. The molecule has 0 aliphatic carbocycles. The molecule has 4 rings (SSSR count). The fraction of sp³-hybridized carbons (Fsp3) is 0.435. The van der Waals surface area contributed by atoms with E-state index in [1.165, 1.54) is 11.6 Å². The molecule has 0 radical (unpaired) electrons. The van der Waals surface area contributed by atoms with Crippen LogP contribution in [-0.2, 0) is 11.3 Å². The molecule has 2 saturated heterocycles. The molecule has 0 spiro atoms. The summed E-state index contributed by atoms with van der Waals surface area (Å²) in [5.41, 5.74) is 2.21. The molecule has 5 heteroatoms. The number of rotatable bonds is 4. The smallest absolute Gasteiger partial charge is 0.219 e. The van der Waals surface area contributed by atoms with Crippen LogP contribution in [0.1, 0.15) is 36.8 Å². The first kappa shape index (κ1) is 18.9. The first-order chi connectivity index (χ1) is 13.6. The summed E-state index contributed by atoms with van der Waals surface area (Å²) in [5, 5.41) is 0. The van der Waals surface area contributed by atoms with Gasteiger partial charge in [0.05, 0.1) is 13.2 Å². The Morgan fingerprint density at radius 3 is 2.68 bits per heavy atom. The number of benzene rings is 2. The SMILES string of the molecule is COc1ccc([C@H]2CN(Cc3cccc(F)c3)[C@@H]3CCCN(C(C)=O)[C@H]23)cc1. The van der Waals surface area contributed by atoms with Gasteiger partial charge in [0.2, 0.25) is 5.91 Å². The highest BCUT2D eigenvalue weighted by molar-refractivity contribution is 5.74. The van der Waals surface area contributed by atoms with E-state index in [4.69, 9.17) is 4.74 Å². The van der Waals surface area contributed by atoms with Crippen LogP contribution >= 0.6 is 0 Å². The van der Waals surface area contributed by atoms with Gasteiger partial charge < -0.3 is 9.64 Å². The van der Waals surface area contributed by atoms with Crippen molar-refractivity contribution in [3.8, 4) is 5.75 Å². The summed E-state index contributed by atoms with van der Waals surface area (Å²) in [7, 11) is 1.67. The van der Waals surface area contributed by atoms with E-state index < -0.39 is 0 Å². The van der Waals surface area contributed by atoms with Gasteiger partial charge in [0.1, 0.15) is 11.6 Å². The molecule has 0 saturated carbocycles. The quantitative estimate of drug-likeness (QED) is 0.806. The van der Waals surface area contributed by atoms with Crippen molar-refractivity contribution < 1.29 is 13.9 Å². The van der Waals surface area contributed by atoms with Crippen LogP contribution in [0.3, 0.4) is 0 Å². The molecule has 0 bridgehead atoms. The standard InChI is InChI=1S/C23H27FN2O2/c1-16(27)26-12-4-7-22-23(26)21(18-8-10-20(28-2)11-9-18)15-25(22)14-17-5-3-6-19(24)13-17/h3,5-6,8-11,13,21-23H,4,7,12,14-15H2,1-2H3/t21-,22-,23-/m1/s1. The largest absolute Gasteiger partial charge is 0.497 e. The molecule has 2 heterocycles. The lowest BCUT2D eigenvalue weighted by Gasteiger charge is -2.41. The predicted molar refractivity (Wildman–Crippen MR) is 107 cm³/mol. The second-order valence-electron chi connectivity index (χ2n) is 7.85. The molecule has 0 aromatic heterocycles. The number of methoxy groups -OCH3 is 1. The number of hydrogen-bond acceptors (Lipinski definition) is 3. The van der Waals surface area contributed by atoms with Crippen molar-refractivity contribution in [1.29, 1.82) is 0 Å². The molecule has 0 N–H and O–H groups in total. The summed E-state index contributed by atoms with van der Waals surface area (Å²) in [6.07, 6.45) is 2.08. The number of carbonyl (C=O) groups is 1. The number of piperidine rings is 1. The van der Waals surface area contributed by atoms with Gasteiger partial charge in [-0.15, -0.1) is 0 Å². The van der Waals surface area contributed by atoms with Gasteiger partial charge in [-0.25, -0.2) is 4.39 Å². The molecule has 0 unspecified atom stereocenters. The lowest BCUT2D eigenvalue weighted by molar-refractivity contribution is -0.133. The van der Waals surface area contributed by atoms with Crippen molar-refractivity contribution in [3.63, 3.8) is 0 Å². The lowest BCUT2D eigenvalue weighted by Crippen LogP contribution is -2.52. The van der Waals surface area contributed by atoms with Crippen LogP contribution in [-0.4, -0.2) is 48.0 Å². The number of hydrogen-bond donors (Lipinski definition) is 0. The highest BCUT2D eigenvalue weighted by Gasteiger charge is 2.47. The van der Waals surface area contributed by atoms with Gasteiger partial charge >= 0.3 is 0 Å². The Morgan fingerprint density at radius 2 is 2.00 bits per heavy atom. The van der Waals surface area contributed by atoms with E-state index in [1.807, 2.05) is 18.2 Å². The summed E-state index contributed by atoms with van der Waals surface area (Å²) >= 11 is 0. The highest BCUT2D eigenvalue weighted by Crippen LogP contribution is 2.41. The van der Waals surface area contributed by atoms with Crippen LogP contribution < -0.4 is 4.74 Å². The molecule has 148 valence electrons. The number of fused-ring (bicyclic) bond motifs is 1. The number of carbonyl (C=O) groups excluding carboxylic acids is 1. The Morgan fingerprint density at radius 1 is 1.21 bits per heavy atom. The number of halogens is 1. The lowest BCUT2D eigenvalue weighted by atomic mass is 9.86. The van der Waals surface area contributed by atoms with Gasteiger partial charge in [-0.3, -0.25) is 9.69 Å². The summed E-state index contributed by atoms with van der Waals surface area (Å²) in [5.74, 6) is 1.02. The Bertz CT molecular complexity index is 839. The maximum absolute atomic E-state index is 13.7. The second kappa shape index (κ2) is 7.92. The minimum absolute atomic E-state index is 0.140. The third-order valence-corrected chi connectivity index (χ3v) is 6.19. The average molecular weight is 382 g/mol. The zero-order chi connectivity index (χ0) is 19.7. The topological polar surface area (TPSA) is 32.8 Å². The molecular weight excluding hydrogens is 355 g/mol. The van der Waals surface area contributed by atoms with E-state index in [0.29, 0.717) is 12.6 Å². The molecule has 2 fully saturated rings. The van der Waals surface area contributed by atoms with Gasteiger partial charge in [-0.1, -0.05) is 24.3 Å². The van der Waals surface area contributed by atoms with E-state index >= 15 is 0 Å². The Labute approximate surface area is 165 Å². The summed E-state index contributed by atoms with van der Waals surface area (Å²) in [6, 6.07) is 15.5. The van der Waals surface area contributed by atoms with Crippen molar-refractivity contribution in [2.45, 2.75) is 44.3 Å². The van der Waals surface area contributed by atoms with Gasteiger partial charge in [-0.2, -0.15) is 0 Å². The van der Waals surface area contributed by atoms with Gasteiger partial charge in [0, 0.05) is 38.5 Å². The maximum atomic E-state index is 13.7. The molecule has 3 atom stereocenters. The molecule has 2 aromatic carbocycles. The minimum atomic E-state index is -0.200. The monoisotopic (exact) mass is 382 g/mol. The summed E-state index contributed by atoms with van der Waals surface area (Å²) in [6.45, 7) is 4.05. The third-order valence-electron chi connectivity index (χ3n) is 6.19. The van der Waals surface area contributed by atoms with Crippen LogP contribution in [0.15, 0.2) is 48.5 Å². The van der Waals surface area contributed by atoms with Crippen molar-refractivity contribution in [2.75, 3.05) is 20.2 Å². The first-order valence-corrected chi connectivity index (χ1v) is 9.96. The van der Waals surface area contributed by atoms with Gasteiger partial charge in [-0.05, 0) is 48.2 Å². The molecular formula is C23H27FN2O2. The summed E-state index contributed by atoms with van der Waals surface area (Å²) in [4.78, 5) is 16.9. The predicted octanol–water partition coefficient (Wildman–Crippen LogP) is 3.81. The normalized spacial score (nSPS) is 24.8. The number of ether oxygens (including phenoxy) is 1. The Kier molecular flexibility index (Phi) is 5.36. The van der Waals surface area contributed by atoms with E-state index in [0.717, 1.165) is 37.2 Å². The Balaban J connectivity index is 1.65. The molecule has 1 amide bonds. The van der Waals surface area contributed by atoms with Crippen molar-refractivity contribution in [2.24, 2.45) is 0 Å². The second-order valence-corrected chi connectivity index (χ2v) is 7.85. The molecule has 4 nitrogen and oxygen atoms in total. The fourth-order valence-electron chi connectivity index (χ4n) is 4.95. The maximum Gasteiger partial charge on any atom is 0.219 e. The minimum Gasteiger partial charge on any atom is -0.497 e. The Hall–Kier alpha value is -2.40. The third kappa shape index (κ3) is 3.63. The van der Waals surface area contributed by atoms with Crippen molar-refractivity contribution >= 4 is 5.91 Å². The van der Waals surface area contributed by atoms with E-state index in [1.54, 1.807) is 26.2 Å². The van der Waals surface area contributed by atoms with Gasteiger partial charge in [0.15, 0.2) is 0 Å². The van der Waals surface area contributed by atoms with E-state index in [2.05, 4.69) is 21.9 Å². The van der Waals surface area contributed by atoms with E-state index in [9.17, 15) is 9.18 Å². The van der Waals surface area contributed by atoms with Crippen molar-refractivity contribution in [1.82, 2.24) is 9.80 Å². The van der Waals surface area contributed by atoms with Crippen LogP contribution in [0.5, 0.6) is 5.75 Å². The fourth-order valence-corrected chi connectivity index (χ4v) is 4.95. The van der Waals surface area contributed by atoms with Crippen LogP contribution in [0.2, 0.25) is 0 Å². The van der Waals surface area contributed by atoms with Crippen LogP contribution in [0, 0.1) is 5.82 Å².